The molecule has 28 heavy (non-hydrogen) atoms. The van der Waals surface area contributed by atoms with Gasteiger partial charge < -0.3 is 10.6 Å². The van der Waals surface area contributed by atoms with Crippen molar-refractivity contribution in [3.05, 3.63) is 29.8 Å². The van der Waals surface area contributed by atoms with Gasteiger partial charge in [-0.2, -0.15) is 11.8 Å². The van der Waals surface area contributed by atoms with E-state index in [1.165, 1.54) is 42.8 Å². The van der Waals surface area contributed by atoms with Crippen molar-refractivity contribution >= 4 is 23.4 Å². The minimum Gasteiger partial charge on any atom is -0.325 e. The Labute approximate surface area is 175 Å². The predicted octanol–water partition coefficient (Wildman–Crippen LogP) is 4.37. The highest BCUT2D eigenvalue weighted by molar-refractivity contribution is 7.99. The zero-order valence-electron chi connectivity index (χ0n) is 17.8. The van der Waals surface area contributed by atoms with Gasteiger partial charge in [0.15, 0.2) is 0 Å². The average molecular weight is 404 g/mol. The number of nitrogens with zero attached hydrogens (tertiary/aromatic N) is 1. The third-order valence-electron chi connectivity index (χ3n) is 6.12. The lowest BCUT2D eigenvalue weighted by Gasteiger charge is -2.40. The minimum absolute atomic E-state index is 0.0600. The molecule has 1 aromatic carbocycles. The van der Waals surface area contributed by atoms with Gasteiger partial charge in [-0.1, -0.05) is 45.7 Å². The van der Waals surface area contributed by atoms with Crippen LogP contribution in [0.5, 0.6) is 0 Å². The Kier molecular flexibility index (Phi) is 7.84. The van der Waals surface area contributed by atoms with Crippen molar-refractivity contribution in [2.45, 2.75) is 59.0 Å². The molecule has 2 unspecified atom stereocenters. The number of amides is 1. The van der Waals surface area contributed by atoms with Gasteiger partial charge in [-0.05, 0) is 41.9 Å². The second-order valence-electron chi connectivity index (χ2n) is 9.38. The second-order valence-corrected chi connectivity index (χ2v) is 10.6. The van der Waals surface area contributed by atoms with Crippen LogP contribution in [-0.4, -0.2) is 48.0 Å². The normalized spacial score (nSPS) is 24.1. The number of rotatable bonds is 6. The Morgan fingerprint density at radius 3 is 2.68 bits per heavy atom. The summed E-state index contributed by atoms with van der Waals surface area (Å²) in [6.07, 6.45) is 5.02. The van der Waals surface area contributed by atoms with Gasteiger partial charge in [-0.15, -0.1) is 0 Å². The smallest absolute Gasteiger partial charge is 0.238 e. The monoisotopic (exact) mass is 403 g/mol. The number of anilines is 1. The van der Waals surface area contributed by atoms with Crippen LogP contribution < -0.4 is 10.6 Å². The van der Waals surface area contributed by atoms with Crippen molar-refractivity contribution < 1.29 is 4.79 Å². The number of nitrogens with one attached hydrogen (secondary N) is 2. The minimum atomic E-state index is 0.0600. The third kappa shape index (κ3) is 6.50. The fourth-order valence-corrected chi connectivity index (χ4v) is 5.58. The maximum absolute atomic E-state index is 12.5. The lowest BCUT2D eigenvalue weighted by atomic mass is 9.69. The van der Waals surface area contributed by atoms with Crippen LogP contribution in [-0.2, 0) is 11.3 Å². The second kappa shape index (κ2) is 10.1. The highest BCUT2D eigenvalue weighted by Gasteiger charge is 2.33. The molecule has 0 radical (unpaired) electrons. The summed E-state index contributed by atoms with van der Waals surface area (Å²) in [5, 5.41) is 6.64. The Morgan fingerprint density at radius 2 is 1.93 bits per heavy atom. The van der Waals surface area contributed by atoms with Gasteiger partial charge in [0.1, 0.15) is 0 Å². The van der Waals surface area contributed by atoms with E-state index in [1.807, 2.05) is 23.9 Å². The molecule has 1 amide bonds. The molecule has 1 heterocycles. The fourth-order valence-electron chi connectivity index (χ4n) is 4.61. The molecule has 1 aliphatic heterocycles. The lowest BCUT2D eigenvalue weighted by Crippen LogP contribution is -2.46. The molecule has 5 heteroatoms. The van der Waals surface area contributed by atoms with E-state index in [9.17, 15) is 4.79 Å². The quantitative estimate of drug-likeness (QED) is 0.740. The van der Waals surface area contributed by atoms with Gasteiger partial charge in [0.05, 0.1) is 6.54 Å². The molecule has 1 saturated carbocycles. The third-order valence-corrected chi connectivity index (χ3v) is 7.07. The SMILES string of the molecule is CC(C)(C)C1CCCCC1NCC(=O)Nc1cccc(CN2CCSCC2)c1. The van der Waals surface area contributed by atoms with Crippen molar-refractivity contribution in [3.63, 3.8) is 0 Å². The maximum atomic E-state index is 12.5. The molecular formula is C23H37N3OS. The van der Waals surface area contributed by atoms with Crippen LogP contribution in [0, 0.1) is 11.3 Å². The number of carbonyl (C=O) groups is 1. The van der Waals surface area contributed by atoms with E-state index in [0.29, 0.717) is 18.5 Å². The molecular weight excluding hydrogens is 366 g/mol. The molecule has 1 saturated heterocycles. The Balaban J connectivity index is 1.49. The fraction of sp³-hybridized carbons (Fsp3) is 0.696. The largest absolute Gasteiger partial charge is 0.325 e. The van der Waals surface area contributed by atoms with Crippen molar-refractivity contribution in [3.8, 4) is 0 Å². The van der Waals surface area contributed by atoms with E-state index in [0.717, 1.165) is 25.3 Å². The van der Waals surface area contributed by atoms with Gasteiger partial charge in [0.25, 0.3) is 0 Å². The molecule has 2 atom stereocenters. The van der Waals surface area contributed by atoms with Crippen LogP contribution >= 0.6 is 11.8 Å². The summed E-state index contributed by atoms with van der Waals surface area (Å²) >= 11 is 2.03. The van der Waals surface area contributed by atoms with Gasteiger partial charge in [-0.25, -0.2) is 0 Å². The Bertz CT molecular complexity index is 637. The molecule has 1 aliphatic carbocycles. The van der Waals surface area contributed by atoms with E-state index >= 15 is 0 Å². The first-order valence-electron chi connectivity index (χ1n) is 10.8. The molecule has 2 N–H and O–H groups in total. The van der Waals surface area contributed by atoms with Gasteiger partial charge in [-0.3, -0.25) is 9.69 Å². The van der Waals surface area contributed by atoms with Crippen molar-refractivity contribution in [2.24, 2.45) is 11.3 Å². The zero-order chi connectivity index (χ0) is 20.0. The van der Waals surface area contributed by atoms with E-state index in [-0.39, 0.29) is 11.3 Å². The highest BCUT2D eigenvalue weighted by atomic mass is 32.2. The van der Waals surface area contributed by atoms with Gasteiger partial charge >= 0.3 is 0 Å². The zero-order valence-corrected chi connectivity index (χ0v) is 18.6. The van der Waals surface area contributed by atoms with Crippen LogP contribution in [0.4, 0.5) is 5.69 Å². The Morgan fingerprint density at radius 1 is 1.18 bits per heavy atom. The summed E-state index contributed by atoms with van der Waals surface area (Å²) in [7, 11) is 0. The predicted molar refractivity (Wildman–Crippen MR) is 121 cm³/mol. The number of thioether (sulfide) groups is 1. The van der Waals surface area contributed by atoms with Crippen LogP contribution in [0.3, 0.4) is 0 Å². The summed E-state index contributed by atoms with van der Waals surface area (Å²) < 4.78 is 0. The number of carbonyl (C=O) groups excluding carboxylic acids is 1. The first-order valence-corrected chi connectivity index (χ1v) is 12.0. The first-order chi connectivity index (χ1) is 13.4. The van der Waals surface area contributed by atoms with E-state index < -0.39 is 0 Å². The molecule has 0 bridgehead atoms. The first kappa shape index (κ1) is 21.7. The van der Waals surface area contributed by atoms with Crippen LogP contribution in [0.15, 0.2) is 24.3 Å². The number of benzene rings is 1. The van der Waals surface area contributed by atoms with Gasteiger partial charge in [0.2, 0.25) is 5.91 Å². The molecule has 4 nitrogen and oxygen atoms in total. The molecule has 2 aliphatic rings. The van der Waals surface area contributed by atoms with Crippen LogP contribution in [0.1, 0.15) is 52.0 Å². The maximum Gasteiger partial charge on any atom is 0.238 e. The van der Waals surface area contributed by atoms with E-state index in [1.54, 1.807) is 0 Å². The van der Waals surface area contributed by atoms with Crippen molar-refractivity contribution in [1.82, 2.24) is 10.2 Å². The molecule has 2 fully saturated rings. The van der Waals surface area contributed by atoms with Gasteiger partial charge in [0, 0.05) is 42.9 Å². The lowest BCUT2D eigenvalue weighted by molar-refractivity contribution is -0.115. The summed E-state index contributed by atoms with van der Waals surface area (Å²) in [4.78, 5) is 15.0. The summed E-state index contributed by atoms with van der Waals surface area (Å²) in [5.74, 6) is 3.14. The van der Waals surface area contributed by atoms with Crippen LogP contribution in [0.2, 0.25) is 0 Å². The number of hydrogen-bond donors (Lipinski definition) is 2. The summed E-state index contributed by atoms with van der Waals surface area (Å²) in [5.41, 5.74) is 2.47. The van der Waals surface area contributed by atoms with E-state index in [2.05, 4.69) is 48.4 Å². The van der Waals surface area contributed by atoms with E-state index in [4.69, 9.17) is 0 Å². The van der Waals surface area contributed by atoms with Crippen LogP contribution in [0.25, 0.3) is 0 Å². The molecule has 156 valence electrons. The highest BCUT2D eigenvalue weighted by Crippen LogP contribution is 2.37. The topological polar surface area (TPSA) is 44.4 Å². The number of hydrogen-bond acceptors (Lipinski definition) is 4. The molecule has 0 spiro atoms. The van der Waals surface area contributed by atoms with Crippen molar-refractivity contribution in [1.29, 1.82) is 0 Å². The average Bonchev–Trinajstić information content (AvgIpc) is 2.67. The molecule has 3 rings (SSSR count). The molecule has 0 aromatic heterocycles. The Hall–Kier alpha value is -1.04. The standard InChI is InChI=1S/C23H37N3OS/c1-23(2,3)20-9-4-5-10-21(20)24-16-22(27)25-19-8-6-7-18(15-19)17-26-11-13-28-14-12-26/h6-8,15,20-21,24H,4-5,9-14,16-17H2,1-3H3,(H,25,27). The molecule has 1 aromatic rings. The summed E-state index contributed by atoms with van der Waals surface area (Å²) in [6, 6.07) is 8.77. The summed E-state index contributed by atoms with van der Waals surface area (Å²) in [6.45, 7) is 10.6. The van der Waals surface area contributed by atoms with Crippen molar-refractivity contribution in [2.75, 3.05) is 36.5 Å².